The van der Waals surface area contributed by atoms with E-state index in [1.807, 2.05) is 6.92 Å². The highest BCUT2D eigenvalue weighted by atomic mass is 16.6. The molecule has 0 unspecified atom stereocenters. The van der Waals surface area contributed by atoms with E-state index in [-0.39, 0.29) is 0 Å². The molecule has 0 bridgehead atoms. The molecule has 1 aromatic heterocycles. The van der Waals surface area contributed by atoms with E-state index in [4.69, 9.17) is 18.9 Å². The van der Waals surface area contributed by atoms with Crippen molar-refractivity contribution in [2.45, 2.75) is 13.8 Å². The van der Waals surface area contributed by atoms with Crippen LogP contribution in [0.3, 0.4) is 0 Å². The van der Waals surface area contributed by atoms with Gasteiger partial charge in [0, 0.05) is 13.1 Å². The normalized spacial score (nSPS) is 12.7. The molecule has 1 aliphatic heterocycles. The molecule has 1 N–H and O–H groups in total. The van der Waals surface area contributed by atoms with Crippen molar-refractivity contribution < 1.29 is 28.5 Å². The van der Waals surface area contributed by atoms with Crippen LogP contribution < -0.4 is 19.5 Å². The smallest absolute Gasteiger partial charge is 0.331 e. The third-order valence-corrected chi connectivity index (χ3v) is 4.38. The molecule has 0 fully saturated rings. The van der Waals surface area contributed by atoms with Gasteiger partial charge in [-0.1, -0.05) is 0 Å². The van der Waals surface area contributed by atoms with E-state index in [9.17, 15) is 9.59 Å². The van der Waals surface area contributed by atoms with Gasteiger partial charge in [-0.2, -0.15) is 5.10 Å². The maximum absolute atomic E-state index is 12.1. The number of esters is 1. The van der Waals surface area contributed by atoms with E-state index in [0.717, 1.165) is 5.69 Å². The van der Waals surface area contributed by atoms with Crippen molar-refractivity contribution in [3.63, 3.8) is 0 Å². The molecule has 1 amide bonds. The number of rotatable bonds is 6. The number of benzene rings is 1. The summed E-state index contributed by atoms with van der Waals surface area (Å²) in [5, 5.41) is 6.93. The Morgan fingerprint density at radius 3 is 2.72 bits per heavy atom. The zero-order valence-electron chi connectivity index (χ0n) is 16.8. The molecular formula is C20H23N3O6. The first kappa shape index (κ1) is 20.2. The average Bonchev–Trinajstić information content (AvgIpc) is 2.96. The molecule has 0 saturated heterocycles. The Labute approximate surface area is 168 Å². The summed E-state index contributed by atoms with van der Waals surface area (Å²) < 4.78 is 23.1. The summed E-state index contributed by atoms with van der Waals surface area (Å²) in [6, 6.07) is 3.46. The first-order valence-electron chi connectivity index (χ1n) is 9.01. The van der Waals surface area contributed by atoms with Crippen LogP contribution in [-0.2, 0) is 21.4 Å². The number of fused-ring (bicyclic) bond motifs is 1. The molecule has 2 heterocycles. The van der Waals surface area contributed by atoms with Gasteiger partial charge in [-0.3, -0.25) is 9.48 Å². The second-order valence-corrected chi connectivity index (χ2v) is 6.41. The summed E-state index contributed by atoms with van der Waals surface area (Å²) in [5.41, 5.74) is 2.80. The van der Waals surface area contributed by atoms with Gasteiger partial charge in [-0.05, 0) is 37.6 Å². The lowest BCUT2D eigenvalue weighted by Crippen LogP contribution is -2.20. The summed E-state index contributed by atoms with van der Waals surface area (Å²) >= 11 is 0. The Hall–Kier alpha value is -3.49. The minimum absolute atomic E-state index is 0.401. The SMILES string of the molecule is COc1cc(/C=C/C(=O)OCC(=O)Nc2c(C)nn(C)c2C)cc2c1OCCO2. The predicted molar refractivity (Wildman–Crippen MR) is 105 cm³/mol. The van der Waals surface area contributed by atoms with Crippen molar-refractivity contribution >= 4 is 23.6 Å². The highest BCUT2D eigenvalue weighted by Crippen LogP contribution is 2.40. The summed E-state index contributed by atoms with van der Waals surface area (Å²) in [5.74, 6) is 0.513. The second kappa shape index (κ2) is 8.68. The summed E-state index contributed by atoms with van der Waals surface area (Å²) in [6.45, 7) is 4.12. The van der Waals surface area contributed by atoms with Crippen LogP contribution >= 0.6 is 0 Å². The van der Waals surface area contributed by atoms with Gasteiger partial charge < -0.3 is 24.3 Å². The van der Waals surface area contributed by atoms with Crippen LogP contribution in [0.15, 0.2) is 18.2 Å². The zero-order chi connectivity index (χ0) is 21.0. The molecule has 9 nitrogen and oxygen atoms in total. The fourth-order valence-corrected chi connectivity index (χ4v) is 2.87. The first-order chi connectivity index (χ1) is 13.9. The molecule has 1 aromatic carbocycles. The lowest BCUT2D eigenvalue weighted by molar-refractivity contribution is -0.142. The average molecular weight is 401 g/mol. The van der Waals surface area contributed by atoms with Crippen LogP contribution in [-0.4, -0.2) is 48.6 Å². The maximum Gasteiger partial charge on any atom is 0.331 e. The molecule has 0 aliphatic carbocycles. The number of hydrogen-bond acceptors (Lipinski definition) is 7. The van der Waals surface area contributed by atoms with Crippen LogP contribution in [0.25, 0.3) is 6.08 Å². The van der Waals surface area contributed by atoms with Gasteiger partial charge >= 0.3 is 5.97 Å². The molecule has 0 spiro atoms. The summed E-state index contributed by atoms with van der Waals surface area (Å²) in [4.78, 5) is 24.0. The van der Waals surface area contributed by atoms with Gasteiger partial charge in [0.2, 0.25) is 5.75 Å². The summed E-state index contributed by atoms with van der Waals surface area (Å²) in [6.07, 6.45) is 2.79. The van der Waals surface area contributed by atoms with Gasteiger partial charge in [0.1, 0.15) is 13.2 Å². The molecule has 3 rings (SSSR count). The number of aryl methyl sites for hydroxylation is 2. The van der Waals surface area contributed by atoms with Crippen molar-refractivity contribution in [1.29, 1.82) is 0 Å². The number of hydrogen-bond donors (Lipinski definition) is 1. The number of aromatic nitrogens is 2. The topological polar surface area (TPSA) is 101 Å². The fraction of sp³-hybridized carbons (Fsp3) is 0.350. The number of nitrogens with zero attached hydrogens (tertiary/aromatic N) is 2. The molecule has 0 radical (unpaired) electrons. The van der Waals surface area contributed by atoms with Gasteiger partial charge in [-0.15, -0.1) is 0 Å². The van der Waals surface area contributed by atoms with Crippen LogP contribution in [0, 0.1) is 13.8 Å². The van der Waals surface area contributed by atoms with Gasteiger partial charge in [-0.25, -0.2) is 4.79 Å². The van der Waals surface area contributed by atoms with Gasteiger partial charge in [0.05, 0.1) is 24.2 Å². The Bertz CT molecular complexity index is 946. The van der Waals surface area contributed by atoms with Gasteiger partial charge in [0.15, 0.2) is 18.1 Å². The second-order valence-electron chi connectivity index (χ2n) is 6.41. The minimum Gasteiger partial charge on any atom is -0.493 e. The molecule has 154 valence electrons. The van der Waals surface area contributed by atoms with Crippen molar-refractivity contribution in [2.75, 3.05) is 32.2 Å². The van der Waals surface area contributed by atoms with Crippen molar-refractivity contribution in [2.24, 2.45) is 7.05 Å². The highest BCUT2D eigenvalue weighted by molar-refractivity contribution is 5.95. The van der Waals surface area contributed by atoms with E-state index < -0.39 is 18.5 Å². The quantitative estimate of drug-likeness (QED) is 0.584. The van der Waals surface area contributed by atoms with E-state index in [2.05, 4.69) is 10.4 Å². The zero-order valence-corrected chi connectivity index (χ0v) is 16.8. The Kier molecular flexibility index (Phi) is 6.06. The minimum atomic E-state index is -0.645. The molecule has 0 saturated carbocycles. The Morgan fingerprint density at radius 2 is 2.03 bits per heavy atom. The molecule has 1 aliphatic rings. The van der Waals surface area contributed by atoms with E-state index in [1.165, 1.54) is 13.2 Å². The lowest BCUT2D eigenvalue weighted by atomic mass is 10.1. The number of ether oxygens (including phenoxy) is 4. The highest BCUT2D eigenvalue weighted by Gasteiger charge is 2.18. The number of carbonyl (C=O) groups is 2. The number of methoxy groups -OCH3 is 1. The molecule has 9 heteroatoms. The number of amides is 1. The maximum atomic E-state index is 12.1. The number of carbonyl (C=O) groups excluding carboxylic acids is 2. The number of anilines is 1. The molecular weight excluding hydrogens is 378 g/mol. The van der Waals surface area contributed by atoms with Crippen LogP contribution in [0.1, 0.15) is 17.0 Å². The standard InChI is InChI=1S/C20H23N3O6/c1-12-19(13(2)23(3)22-12)21-17(24)11-29-18(25)6-5-14-9-15(26-4)20-16(10-14)27-7-8-28-20/h5-6,9-10H,7-8,11H2,1-4H3,(H,21,24)/b6-5+. The van der Waals surface area contributed by atoms with Gasteiger partial charge in [0.25, 0.3) is 5.91 Å². The van der Waals surface area contributed by atoms with E-state index in [1.54, 1.807) is 36.9 Å². The third kappa shape index (κ3) is 4.68. The lowest BCUT2D eigenvalue weighted by Gasteiger charge is -2.20. The fourth-order valence-electron chi connectivity index (χ4n) is 2.87. The molecule has 2 aromatic rings. The van der Waals surface area contributed by atoms with Crippen molar-refractivity contribution in [3.8, 4) is 17.2 Å². The first-order valence-corrected chi connectivity index (χ1v) is 9.01. The Morgan fingerprint density at radius 1 is 1.28 bits per heavy atom. The largest absolute Gasteiger partial charge is 0.493 e. The third-order valence-electron chi connectivity index (χ3n) is 4.38. The molecule has 29 heavy (non-hydrogen) atoms. The number of nitrogens with one attached hydrogen (secondary N) is 1. The van der Waals surface area contributed by atoms with Crippen LogP contribution in [0.2, 0.25) is 0 Å². The summed E-state index contributed by atoms with van der Waals surface area (Å²) in [7, 11) is 3.31. The van der Waals surface area contributed by atoms with E-state index >= 15 is 0 Å². The van der Waals surface area contributed by atoms with Crippen molar-refractivity contribution in [1.82, 2.24) is 9.78 Å². The van der Waals surface area contributed by atoms with Crippen LogP contribution in [0.5, 0.6) is 17.2 Å². The van der Waals surface area contributed by atoms with E-state index in [0.29, 0.717) is 47.4 Å². The van der Waals surface area contributed by atoms with Crippen LogP contribution in [0.4, 0.5) is 5.69 Å². The monoisotopic (exact) mass is 401 g/mol. The Balaban J connectivity index is 1.58. The predicted octanol–water partition coefficient (Wildman–Crippen LogP) is 2.01. The molecule has 0 atom stereocenters. The van der Waals surface area contributed by atoms with Crippen molar-refractivity contribution in [3.05, 3.63) is 35.2 Å².